The van der Waals surface area contributed by atoms with Gasteiger partial charge >= 0.3 is 6.03 Å². The van der Waals surface area contributed by atoms with Gasteiger partial charge in [0.25, 0.3) is 5.91 Å². The van der Waals surface area contributed by atoms with Gasteiger partial charge in [0, 0.05) is 29.4 Å². The SMILES string of the molecule is CCOc1ccc(C(=O)N2CCc3nc(NC(=O)NC4CCCC4)sc3C2)cc1OCC. The summed E-state index contributed by atoms with van der Waals surface area (Å²) in [6.07, 6.45) is 5.07. The predicted molar refractivity (Wildman–Crippen MR) is 124 cm³/mol. The Hall–Kier alpha value is -2.81. The molecule has 1 aromatic heterocycles. The molecule has 2 heterocycles. The molecule has 1 saturated carbocycles. The molecule has 1 aliphatic carbocycles. The fourth-order valence-electron chi connectivity index (χ4n) is 4.18. The standard InChI is InChI=1S/C23H30N4O4S/c1-3-30-18-10-9-15(13-19(18)31-4-2)21(28)27-12-11-17-20(14-27)32-23(25-17)26-22(29)24-16-7-5-6-8-16/h9-10,13,16H,3-8,11-12,14H2,1-2H3,(H2,24,25,26,29). The number of nitrogens with one attached hydrogen (secondary N) is 2. The molecule has 0 bridgehead atoms. The second-order valence-electron chi connectivity index (χ2n) is 7.97. The lowest BCUT2D eigenvalue weighted by atomic mass is 10.1. The van der Waals surface area contributed by atoms with Crippen molar-refractivity contribution in [2.24, 2.45) is 0 Å². The molecule has 1 aromatic carbocycles. The number of nitrogens with zero attached hydrogens (tertiary/aromatic N) is 2. The number of thiazole rings is 1. The maximum atomic E-state index is 13.1. The summed E-state index contributed by atoms with van der Waals surface area (Å²) in [7, 11) is 0. The summed E-state index contributed by atoms with van der Waals surface area (Å²) in [5, 5.41) is 6.46. The van der Waals surface area contributed by atoms with E-state index in [0.717, 1.165) is 23.4 Å². The Morgan fingerprint density at radius 3 is 2.66 bits per heavy atom. The molecule has 4 rings (SSSR count). The van der Waals surface area contributed by atoms with Gasteiger partial charge in [-0.3, -0.25) is 10.1 Å². The molecule has 0 spiro atoms. The van der Waals surface area contributed by atoms with Crippen molar-refractivity contribution in [1.29, 1.82) is 0 Å². The Morgan fingerprint density at radius 1 is 1.16 bits per heavy atom. The lowest BCUT2D eigenvalue weighted by molar-refractivity contribution is 0.0735. The summed E-state index contributed by atoms with van der Waals surface area (Å²) in [6.45, 7) is 5.91. The number of ether oxygens (including phenoxy) is 2. The fraction of sp³-hybridized carbons (Fsp3) is 0.522. The highest BCUT2D eigenvalue weighted by Crippen LogP contribution is 2.32. The quantitative estimate of drug-likeness (QED) is 0.649. The van der Waals surface area contributed by atoms with Crippen molar-refractivity contribution in [2.75, 3.05) is 25.1 Å². The molecule has 172 valence electrons. The highest BCUT2D eigenvalue weighted by Gasteiger charge is 2.26. The Labute approximate surface area is 192 Å². The molecule has 2 aromatic rings. The molecule has 0 unspecified atom stereocenters. The van der Waals surface area contributed by atoms with E-state index in [1.165, 1.54) is 24.2 Å². The Bertz CT molecular complexity index is 971. The van der Waals surface area contributed by atoms with Crippen LogP contribution in [0.15, 0.2) is 18.2 Å². The van der Waals surface area contributed by atoms with Crippen LogP contribution in [0.1, 0.15) is 60.5 Å². The highest BCUT2D eigenvalue weighted by atomic mass is 32.1. The van der Waals surface area contributed by atoms with Gasteiger partial charge in [-0.1, -0.05) is 24.2 Å². The van der Waals surface area contributed by atoms with E-state index in [9.17, 15) is 9.59 Å². The van der Waals surface area contributed by atoms with Crippen molar-refractivity contribution >= 4 is 28.4 Å². The molecule has 2 N–H and O–H groups in total. The fourth-order valence-corrected chi connectivity index (χ4v) is 5.20. The molecule has 1 fully saturated rings. The van der Waals surface area contributed by atoms with Crippen molar-refractivity contribution < 1.29 is 19.1 Å². The highest BCUT2D eigenvalue weighted by molar-refractivity contribution is 7.15. The van der Waals surface area contributed by atoms with Crippen LogP contribution in [-0.2, 0) is 13.0 Å². The van der Waals surface area contributed by atoms with Crippen LogP contribution in [0.5, 0.6) is 11.5 Å². The van der Waals surface area contributed by atoms with E-state index in [4.69, 9.17) is 9.47 Å². The van der Waals surface area contributed by atoms with E-state index in [1.807, 2.05) is 18.7 Å². The Balaban J connectivity index is 1.41. The van der Waals surface area contributed by atoms with Gasteiger partial charge in [0.1, 0.15) is 0 Å². The number of amides is 3. The normalized spacial score (nSPS) is 15.9. The summed E-state index contributed by atoms with van der Waals surface area (Å²) in [5.74, 6) is 1.16. The molecular weight excluding hydrogens is 428 g/mol. The summed E-state index contributed by atoms with van der Waals surface area (Å²) >= 11 is 1.44. The second-order valence-corrected chi connectivity index (χ2v) is 9.06. The topological polar surface area (TPSA) is 92.8 Å². The van der Waals surface area contributed by atoms with Crippen molar-refractivity contribution in [3.8, 4) is 11.5 Å². The zero-order chi connectivity index (χ0) is 22.5. The minimum atomic E-state index is -0.200. The second kappa shape index (κ2) is 10.2. The number of rotatable bonds is 7. The first kappa shape index (κ1) is 22.4. The number of urea groups is 1. The molecule has 3 amide bonds. The molecule has 0 radical (unpaired) electrons. The Kier molecular flexibility index (Phi) is 7.14. The number of anilines is 1. The molecule has 0 atom stereocenters. The van der Waals surface area contributed by atoms with E-state index in [1.54, 1.807) is 18.2 Å². The minimum absolute atomic E-state index is 0.0541. The van der Waals surface area contributed by atoms with Crippen LogP contribution in [0.4, 0.5) is 9.93 Å². The summed E-state index contributed by atoms with van der Waals surface area (Å²) in [4.78, 5) is 32.8. The van der Waals surface area contributed by atoms with E-state index in [2.05, 4.69) is 15.6 Å². The average Bonchev–Trinajstić information content (AvgIpc) is 3.43. The number of aromatic nitrogens is 1. The predicted octanol–water partition coefficient (Wildman–Crippen LogP) is 4.20. The van der Waals surface area contributed by atoms with Gasteiger partial charge in [0.05, 0.1) is 25.5 Å². The monoisotopic (exact) mass is 458 g/mol. The number of carbonyl (C=O) groups excluding carboxylic acids is 2. The van der Waals surface area contributed by atoms with E-state index < -0.39 is 0 Å². The number of fused-ring (bicyclic) bond motifs is 1. The van der Waals surface area contributed by atoms with Crippen molar-refractivity contribution in [2.45, 2.75) is 58.5 Å². The first-order chi connectivity index (χ1) is 15.6. The summed E-state index contributed by atoms with van der Waals surface area (Å²) in [6, 6.07) is 5.37. The number of carbonyl (C=O) groups is 2. The van der Waals surface area contributed by atoms with E-state index in [0.29, 0.717) is 54.9 Å². The largest absolute Gasteiger partial charge is 0.490 e. The van der Waals surface area contributed by atoms with Gasteiger partial charge in [-0.2, -0.15) is 0 Å². The Morgan fingerprint density at radius 2 is 1.91 bits per heavy atom. The third-order valence-electron chi connectivity index (χ3n) is 5.72. The molecular formula is C23H30N4O4S. The van der Waals surface area contributed by atoms with Crippen LogP contribution in [-0.4, -0.2) is 47.6 Å². The zero-order valence-electron chi connectivity index (χ0n) is 18.6. The van der Waals surface area contributed by atoms with Crippen LogP contribution >= 0.6 is 11.3 Å². The molecule has 8 nitrogen and oxygen atoms in total. The van der Waals surface area contributed by atoms with Crippen molar-refractivity contribution in [3.63, 3.8) is 0 Å². The van der Waals surface area contributed by atoms with Crippen LogP contribution in [0.25, 0.3) is 0 Å². The van der Waals surface area contributed by atoms with Gasteiger partial charge < -0.3 is 19.7 Å². The van der Waals surface area contributed by atoms with Gasteiger partial charge in [0.2, 0.25) is 0 Å². The minimum Gasteiger partial charge on any atom is -0.490 e. The van der Waals surface area contributed by atoms with Crippen LogP contribution in [0.3, 0.4) is 0 Å². The smallest absolute Gasteiger partial charge is 0.321 e. The molecule has 1 aliphatic heterocycles. The number of hydrogen-bond donors (Lipinski definition) is 2. The lowest BCUT2D eigenvalue weighted by Gasteiger charge is -2.26. The third kappa shape index (κ3) is 5.15. The maximum Gasteiger partial charge on any atom is 0.321 e. The lowest BCUT2D eigenvalue weighted by Crippen LogP contribution is -2.36. The van der Waals surface area contributed by atoms with Gasteiger partial charge in [-0.25, -0.2) is 9.78 Å². The van der Waals surface area contributed by atoms with Crippen molar-refractivity contribution in [1.82, 2.24) is 15.2 Å². The zero-order valence-corrected chi connectivity index (χ0v) is 19.4. The maximum absolute atomic E-state index is 13.1. The van der Waals surface area contributed by atoms with Crippen molar-refractivity contribution in [3.05, 3.63) is 34.3 Å². The van der Waals surface area contributed by atoms with E-state index in [-0.39, 0.29) is 18.0 Å². The molecule has 2 aliphatic rings. The van der Waals surface area contributed by atoms with Crippen LogP contribution in [0, 0.1) is 0 Å². The first-order valence-corrected chi connectivity index (χ1v) is 12.1. The molecule has 0 saturated heterocycles. The molecule has 9 heteroatoms. The third-order valence-corrected chi connectivity index (χ3v) is 6.72. The summed E-state index contributed by atoms with van der Waals surface area (Å²) < 4.78 is 11.3. The van der Waals surface area contributed by atoms with E-state index >= 15 is 0 Å². The molecule has 32 heavy (non-hydrogen) atoms. The van der Waals surface area contributed by atoms with Gasteiger partial charge in [-0.05, 0) is 44.9 Å². The average molecular weight is 459 g/mol. The van der Waals surface area contributed by atoms with Crippen LogP contribution in [0.2, 0.25) is 0 Å². The van der Waals surface area contributed by atoms with Crippen LogP contribution < -0.4 is 20.1 Å². The number of hydrogen-bond acceptors (Lipinski definition) is 6. The van der Waals surface area contributed by atoms with Gasteiger partial charge in [-0.15, -0.1) is 0 Å². The number of benzene rings is 1. The summed E-state index contributed by atoms with van der Waals surface area (Å²) in [5.41, 5.74) is 1.52. The first-order valence-electron chi connectivity index (χ1n) is 11.3. The van der Waals surface area contributed by atoms with Gasteiger partial charge in [0.15, 0.2) is 16.6 Å².